The highest BCUT2D eigenvalue weighted by Gasteiger charge is 2.18. The molecule has 1 heterocycles. The van der Waals surface area contributed by atoms with E-state index in [2.05, 4.69) is 20.8 Å². The van der Waals surface area contributed by atoms with E-state index >= 15 is 0 Å². The number of tetrazole rings is 1. The van der Waals surface area contributed by atoms with Crippen LogP contribution in [-0.4, -0.2) is 39.8 Å². The standard InChI is InChI=1S/C13H17N5O3S/c1-5-21-22-11-8(2)9(6-7-10(11)20-4)12(19)14-13-15-16-17-18(13)3/h6-7H,5H2,1-4H3,(H,14,15,17,19). The lowest BCUT2D eigenvalue weighted by molar-refractivity contribution is 0.102. The van der Waals surface area contributed by atoms with Gasteiger partial charge < -0.3 is 8.92 Å². The summed E-state index contributed by atoms with van der Waals surface area (Å²) in [4.78, 5) is 13.2. The summed E-state index contributed by atoms with van der Waals surface area (Å²) in [6.45, 7) is 4.29. The monoisotopic (exact) mass is 323 g/mol. The minimum atomic E-state index is -0.295. The van der Waals surface area contributed by atoms with Crippen molar-refractivity contribution in [1.29, 1.82) is 0 Å². The molecule has 2 rings (SSSR count). The number of ether oxygens (including phenoxy) is 1. The number of hydrogen-bond donors (Lipinski definition) is 1. The molecule has 1 amide bonds. The van der Waals surface area contributed by atoms with Gasteiger partial charge in [-0.05, 0) is 42.0 Å². The van der Waals surface area contributed by atoms with E-state index in [1.54, 1.807) is 26.3 Å². The first-order valence-corrected chi connectivity index (χ1v) is 7.33. The quantitative estimate of drug-likeness (QED) is 0.811. The van der Waals surface area contributed by atoms with Crippen molar-refractivity contribution in [2.75, 3.05) is 19.0 Å². The van der Waals surface area contributed by atoms with E-state index in [4.69, 9.17) is 8.92 Å². The van der Waals surface area contributed by atoms with Crippen molar-refractivity contribution >= 4 is 23.9 Å². The Labute approximate surface area is 132 Å². The Kier molecular flexibility index (Phi) is 5.34. The van der Waals surface area contributed by atoms with E-state index in [9.17, 15) is 4.79 Å². The zero-order valence-corrected chi connectivity index (χ0v) is 13.6. The maximum absolute atomic E-state index is 12.4. The predicted molar refractivity (Wildman–Crippen MR) is 82.0 cm³/mol. The molecule has 0 spiro atoms. The van der Waals surface area contributed by atoms with Gasteiger partial charge in [0, 0.05) is 24.7 Å². The Morgan fingerprint density at radius 1 is 1.45 bits per heavy atom. The SMILES string of the molecule is CCOSc1c(OC)ccc(C(=O)Nc2nnnn2C)c1C. The van der Waals surface area contributed by atoms with E-state index in [1.165, 1.54) is 16.7 Å². The highest BCUT2D eigenvalue weighted by atomic mass is 32.2. The molecule has 0 saturated heterocycles. The number of aromatic nitrogens is 4. The van der Waals surface area contributed by atoms with E-state index in [0.29, 0.717) is 17.9 Å². The van der Waals surface area contributed by atoms with Crippen molar-refractivity contribution in [2.24, 2.45) is 7.05 Å². The summed E-state index contributed by atoms with van der Waals surface area (Å²) in [6, 6.07) is 3.43. The van der Waals surface area contributed by atoms with Gasteiger partial charge in [0.05, 0.1) is 18.6 Å². The summed E-state index contributed by atoms with van der Waals surface area (Å²) in [5, 5.41) is 13.5. The fourth-order valence-electron chi connectivity index (χ4n) is 1.80. The second kappa shape index (κ2) is 7.23. The predicted octanol–water partition coefficient (Wildman–Crippen LogP) is 1.82. The van der Waals surface area contributed by atoms with Crippen LogP contribution in [0.5, 0.6) is 5.75 Å². The lowest BCUT2D eigenvalue weighted by Gasteiger charge is -2.14. The van der Waals surface area contributed by atoms with Gasteiger partial charge in [-0.3, -0.25) is 10.1 Å². The van der Waals surface area contributed by atoms with Crippen molar-refractivity contribution in [3.05, 3.63) is 23.3 Å². The van der Waals surface area contributed by atoms with Crippen LogP contribution in [0, 0.1) is 6.92 Å². The smallest absolute Gasteiger partial charge is 0.258 e. The minimum absolute atomic E-state index is 0.277. The van der Waals surface area contributed by atoms with Crippen LogP contribution in [-0.2, 0) is 11.2 Å². The molecule has 1 aromatic heterocycles. The lowest BCUT2D eigenvalue weighted by Crippen LogP contribution is -2.17. The first kappa shape index (κ1) is 16.2. The van der Waals surface area contributed by atoms with Crippen LogP contribution in [0.25, 0.3) is 0 Å². The van der Waals surface area contributed by atoms with Crippen molar-refractivity contribution in [1.82, 2.24) is 20.2 Å². The second-order valence-electron chi connectivity index (χ2n) is 4.34. The van der Waals surface area contributed by atoms with Gasteiger partial charge in [0.1, 0.15) is 5.75 Å². The topological polar surface area (TPSA) is 91.2 Å². The van der Waals surface area contributed by atoms with Crippen molar-refractivity contribution in [2.45, 2.75) is 18.7 Å². The number of nitrogens with one attached hydrogen (secondary N) is 1. The summed E-state index contributed by atoms with van der Waals surface area (Å²) >= 11 is 1.19. The minimum Gasteiger partial charge on any atom is -0.495 e. The Morgan fingerprint density at radius 2 is 2.23 bits per heavy atom. The fraction of sp³-hybridized carbons (Fsp3) is 0.385. The van der Waals surface area contributed by atoms with Crippen LogP contribution in [0.15, 0.2) is 17.0 Å². The molecule has 0 aliphatic rings. The zero-order chi connectivity index (χ0) is 16.1. The molecule has 2 aromatic rings. The molecular weight excluding hydrogens is 306 g/mol. The van der Waals surface area contributed by atoms with Gasteiger partial charge in [0.25, 0.3) is 5.91 Å². The van der Waals surface area contributed by atoms with Gasteiger partial charge in [-0.25, -0.2) is 4.68 Å². The molecule has 118 valence electrons. The number of anilines is 1. The summed E-state index contributed by atoms with van der Waals surface area (Å²) in [6.07, 6.45) is 0. The number of nitrogens with zero attached hydrogens (tertiary/aromatic N) is 4. The summed E-state index contributed by atoms with van der Waals surface area (Å²) in [7, 11) is 3.22. The molecule has 0 aliphatic heterocycles. The van der Waals surface area contributed by atoms with Crippen LogP contribution >= 0.6 is 12.0 Å². The van der Waals surface area contributed by atoms with Crippen LogP contribution in [0.2, 0.25) is 0 Å². The van der Waals surface area contributed by atoms with E-state index in [-0.39, 0.29) is 11.9 Å². The highest BCUT2D eigenvalue weighted by Crippen LogP contribution is 2.35. The van der Waals surface area contributed by atoms with E-state index in [1.807, 2.05) is 13.8 Å². The number of benzene rings is 1. The first-order chi connectivity index (χ1) is 10.6. The maximum atomic E-state index is 12.4. The van der Waals surface area contributed by atoms with Crippen molar-refractivity contribution < 1.29 is 13.7 Å². The van der Waals surface area contributed by atoms with Crippen LogP contribution in [0.3, 0.4) is 0 Å². The molecule has 0 bridgehead atoms. The molecule has 0 fully saturated rings. The average molecular weight is 323 g/mol. The Bertz CT molecular complexity index is 674. The molecule has 1 aromatic carbocycles. The van der Waals surface area contributed by atoms with Gasteiger partial charge in [-0.2, -0.15) is 0 Å². The van der Waals surface area contributed by atoms with E-state index < -0.39 is 0 Å². The fourth-order valence-corrected chi connectivity index (χ4v) is 2.50. The number of aryl methyl sites for hydroxylation is 1. The number of rotatable bonds is 6. The highest BCUT2D eigenvalue weighted by molar-refractivity contribution is 7.94. The Balaban J connectivity index is 2.30. The van der Waals surface area contributed by atoms with Crippen molar-refractivity contribution in [3.8, 4) is 5.75 Å². The van der Waals surface area contributed by atoms with Crippen LogP contribution in [0.4, 0.5) is 5.95 Å². The number of methoxy groups -OCH3 is 1. The third-order valence-corrected chi connectivity index (χ3v) is 3.97. The van der Waals surface area contributed by atoms with Gasteiger partial charge in [-0.1, -0.05) is 5.10 Å². The Hall–Kier alpha value is -2.13. The van der Waals surface area contributed by atoms with Crippen molar-refractivity contribution in [3.63, 3.8) is 0 Å². The number of carbonyl (C=O) groups excluding carboxylic acids is 1. The van der Waals surface area contributed by atoms with Crippen LogP contribution < -0.4 is 10.1 Å². The summed E-state index contributed by atoms with van der Waals surface area (Å²) < 4.78 is 12.1. The molecule has 0 atom stereocenters. The van der Waals surface area contributed by atoms with Gasteiger partial charge in [0.2, 0.25) is 5.95 Å². The molecule has 0 aliphatic carbocycles. The second-order valence-corrected chi connectivity index (χ2v) is 5.15. The molecular formula is C13H17N5O3S. The lowest BCUT2D eigenvalue weighted by atomic mass is 10.1. The summed E-state index contributed by atoms with van der Waals surface area (Å²) in [5.74, 6) is 0.642. The number of hydrogen-bond acceptors (Lipinski definition) is 7. The van der Waals surface area contributed by atoms with E-state index in [0.717, 1.165) is 10.5 Å². The van der Waals surface area contributed by atoms with Gasteiger partial charge in [0.15, 0.2) is 0 Å². The zero-order valence-electron chi connectivity index (χ0n) is 12.8. The molecule has 0 saturated carbocycles. The Morgan fingerprint density at radius 3 is 2.82 bits per heavy atom. The van der Waals surface area contributed by atoms with Gasteiger partial charge in [-0.15, -0.1) is 0 Å². The average Bonchev–Trinajstić information content (AvgIpc) is 2.90. The molecule has 0 radical (unpaired) electrons. The molecule has 9 heteroatoms. The molecule has 8 nitrogen and oxygen atoms in total. The number of carbonyl (C=O) groups is 1. The van der Waals surface area contributed by atoms with Gasteiger partial charge >= 0.3 is 0 Å². The normalized spacial score (nSPS) is 10.5. The third kappa shape index (κ3) is 3.37. The number of amides is 1. The summed E-state index contributed by atoms with van der Waals surface area (Å²) in [5.41, 5.74) is 1.27. The third-order valence-electron chi connectivity index (χ3n) is 2.94. The molecule has 1 N–H and O–H groups in total. The molecule has 0 unspecified atom stereocenters. The largest absolute Gasteiger partial charge is 0.495 e. The maximum Gasteiger partial charge on any atom is 0.258 e. The first-order valence-electron chi connectivity index (χ1n) is 6.59. The van der Waals surface area contributed by atoms with Crippen LogP contribution in [0.1, 0.15) is 22.8 Å². The molecule has 22 heavy (non-hydrogen) atoms.